The van der Waals surface area contributed by atoms with E-state index in [1.54, 1.807) is 18.0 Å². The van der Waals surface area contributed by atoms with Crippen LogP contribution in [0.25, 0.3) is 0 Å². The van der Waals surface area contributed by atoms with Gasteiger partial charge in [-0.15, -0.1) is 0 Å². The summed E-state index contributed by atoms with van der Waals surface area (Å²) in [5.41, 5.74) is 6.36. The molecule has 0 amide bonds. The smallest absolute Gasteiger partial charge is 0.184 e. The highest BCUT2D eigenvalue weighted by Gasteiger charge is 2.22. The third kappa shape index (κ3) is 4.34. The van der Waals surface area contributed by atoms with Gasteiger partial charge >= 0.3 is 0 Å². The van der Waals surface area contributed by atoms with Gasteiger partial charge in [0.15, 0.2) is 11.5 Å². The van der Waals surface area contributed by atoms with Crippen molar-refractivity contribution in [2.75, 3.05) is 13.7 Å². The van der Waals surface area contributed by atoms with Crippen molar-refractivity contribution in [3.8, 4) is 5.75 Å². The summed E-state index contributed by atoms with van der Waals surface area (Å²) in [5.74, 6) is 1.39. The first-order valence-electron chi connectivity index (χ1n) is 7.36. The Morgan fingerprint density at radius 2 is 2.20 bits per heavy atom. The van der Waals surface area contributed by atoms with E-state index in [9.17, 15) is 4.79 Å². The average molecular weight is 281 g/mol. The predicted molar refractivity (Wildman–Crippen MR) is 80.0 cm³/mol. The molecule has 20 heavy (non-hydrogen) atoms. The molecule has 2 N–H and O–H groups in total. The number of Topliss-reactive ketones (excluding diaryl/α,β-unsaturated/α-hetero) is 1. The van der Waals surface area contributed by atoms with Gasteiger partial charge in [-0.25, -0.2) is 0 Å². The minimum atomic E-state index is 0.0731. The molecule has 1 heterocycles. The fraction of sp³-hybridized carbons (Fsp3) is 0.733. The van der Waals surface area contributed by atoms with Crippen LogP contribution in [-0.2, 0) is 6.54 Å². The number of aryl methyl sites for hydroxylation is 1. The van der Waals surface area contributed by atoms with Gasteiger partial charge < -0.3 is 10.5 Å². The summed E-state index contributed by atoms with van der Waals surface area (Å²) < 4.78 is 6.99. The largest absolute Gasteiger partial charge is 0.493 e. The van der Waals surface area contributed by atoms with Gasteiger partial charge in [-0.3, -0.25) is 9.48 Å². The lowest BCUT2D eigenvalue weighted by Crippen LogP contribution is -2.22. The summed E-state index contributed by atoms with van der Waals surface area (Å²) >= 11 is 0. The maximum absolute atomic E-state index is 12.5. The van der Waals surface area contributed by atoms with Gasteiger partial charge in [-0.05, 0) is 31.2 Å². The van der Waals surface area contributed by atoms with Crippen LogP contribution in [-0.4, -0.2) is 29.2 Å². The van der Waals surface area contributed by atoms with Gasteiger partial charge in [0.05, 0.1) is 13.3 Å². The highest BCUT2D eigenvalue weighted by Crippen LogP contribution is 2.23. The van der Waals surface area contributed by atoms with E-state index >= 15 is 0 Å². The number of methoxy groups -OCH3 is 1. The fourth-order valence-electron chi connectivity index (χ4n) is 2.47. The molecule has 1 aromatic rings. The summed E-state index contributed by atoms with van der Waals surface area (Å²) in [4.78, 5) is 12.5. The summed E-state index contributed by atoms with van der Waals surface area (Å²) in [5, 5.41) is 4.23. The predicted octanol–water partition coefficient (Wildman–Crippen LogP) is 2.50. The average Bonchev–Trinajstić information content (AvgIpc) is 2.80. The van der Waals surface area contributed by atoms with E-state index < -0.39 is 0 Å². The summed E-state index contributed by atoms with van der Waals surface area (Å²) in [6.07, 6.45) is 3.97. The van der Waals surface area contributed by atoms with Crippen molar-refractivity contribution in [2.24, 2.45) is 17.6 Å². The van der Waals surface area contributed by atoms with E-state index in [-0.39, 0.29) is 11.7 Å². The molecule has 5 heteroatoms. The molecule has 0 aromatic carbocycles. The lowest BCUT2D eigenvalue weighted by molar-refractivity contribution is 0.0943. The zero-order chi connectivity index (χ0) is 15.1. The van der Waals surface area contributed by atoms with Crippen molar-refractivity contribution in [3.05, 3.63) is 11.9 Å². The molecule has 0 radical (unpaired) electrons. The molecule has 5 nitrogen and oxygen atoms in total. The van der Waals surface area contributed by atoms with Gasteiger partial charge in [-0.1, -0.05) is 20.8 Å². The van der Waals surface area contributed by atoms with E-state index in [0.29, 0.717) is 30.3 Å². The number of hydrogen-bond acceptors (Lipinski definition) is 4. The van der Waals surface area contributed by atoms with E-state index in [1.807, 2.05) is 0 Å². The quantitative estimate of drug-likeness (QED) is 0.706. The molecular formula is C15H27N3O2. The Bertz CT molecular complexity index is 427. The van der Waals surface area contributed by atoms with Crippen molar-refractivity contribution in [1.82, 2.24) is 9.78 Å². The molecule has 0 aliphatic rings. The maximum atomic E-state index is 12.5. The lowest BCUT2D eigenvalue weighted by atomic mass is 9.92. The van der Waals surface area contributed by atoms with Crippen molar-refractivity contribution in [3.63, 3.8) is 0 Å². The van der Waals surface area contributed by atoms with Crippen LogP contribution >= 0.6 is 0 Å². The highest BCUT2D eigenvalue weighted by molar-refractivity contribution is 5.97. The molecule has 0 saturated heterocycles. The van der Waals surface area contributed by atoms with Crippen LogP contribution in [0, 0.1) is 11.8 Å². The number of ketones is 1. The van der Waals surface area contributed by atoms with Crippen LogP contribution in [0.5, 0.6) is 5.75 Å². The number of nitrogens with zero attached hydrogens (tertiary/aromatic N) is 2. The Morgan fingerprint density at radius 3 is 2.70 bits per heavy atom. The van der Waals surface area contributed by atoms with E-state index in [2.05, 4.69) is 25.9 Å². The molecule has 0 bridgehead atoms. The first-order valence-corrected chi connectivity index (χ1v) is 7.36. The molecule has 0 saturated carbocycles. The second-order valence-electron chi connectivity index (χ2n) is 5.64. The second-order valence-corrected chi connectivity index (χ2v) is 5.64. The van der Waals surface area contributed by atoms with Crippen LogP contribution in [0.3, 0.4) is 0 Å². The number of carbonyl (C=O) groups is 1. The molecule has 1 atom stereocenters. The molecule has 0 fully saturated rings. The van der Waals surface area contributed by atoms with Crippen LogP contribution in [0.15, 0.2) is 6.20 Å². The molecular weight excluding hydrogens is 254 g/mol. The van der Waals surface area contributed by atoms with Gasteiger partial charge in [0, 0.05) is 13.0 Å². The first-order chi connectivity index (χ1) is 9.53. The first kappa shape index (κ1) is 16.7. The Hall–Kier alpha value is -1.36. The standard InChI is InChI=1S/C15H27N3O2/c1-5-6-18-15(14(20-4)10-17-18)13(19)8-12(9-16)7-11(2)3/h10-12H,5-9,16H2,1-4H3. The highest BCUT2D eigenvalue weighted by atomic mass is 16.5. The van der Waals surface area contributed by atoms with Gasteiger partial charge in [0.1, 0.15) is 5.69 Å². The maximum Gasteiger partial charge on any atom is 0.184 e. The number of ether oxygens (including phenoxy) is 1. The van der Waals surface area contributed by atoms with Crippen LogP contribution in [0.4, 0.5) is 0 Å². The molecule has 0 aliphatic carbocycles. The zero-order valence-electron chi connectivity index (χ0n) is 13.1. The number of hydrogen-bond donors (Lipinski definition) is 1. The minimum Gasteiger partial charge on any atom is -0.493 e. The fourth-order valence-corrected chi connectivity index (χ4v) is 2.47. The number of aromatic nitrogens is 2. The van der Waals surface area contributed by atoms with Gasteiger partial charge in [-0.2, -0.15) is 5.10 Å². The number of rotatable bonds is 9. The van der Waals surface area contributed by atoms with E-state index in [1.165, 1.54) is 0 Å². The molecule has 1 rings (SSSR count). The van der Waals surface area contributed by atoms with Crippen LogP contribution in [0.1, 0.15) is 50.5 Å². The SMILES string of the molecule is CCCn1ncc(OC)c1C(=O)CC(CN)CC(C)C. The Balaban J connectivity index is 2.87. The number of carbonyl (C=O) groups excluding carboxylic acids is 1. The molecule has 1 aromatic heterocycles. The van der Waals surface area contributed by atoms with Gasteiger partial charge in [0.2, 0.25) is 0 Å². The van der Waals surface area contributed by atoms with E-state index in [0.717, 1.165) is 19.4 Å². The van der Waals surface area contributed by atoms with Crippen molar-refractivity contribution in [1.29, 1.82) is 0 Å². The van der Waals surface area contributed by atoms with E-state index in [4.69, 9.17) is 10.5 Å². The van der Waals surface area contributed by atoms with Crippen molar-refractivity contribution >= 4 is 5.78 Å². The van der Waals surface area contributed by atoms with Crippen LogP contribution in [0.2, 0.25) is 0 Å². The third-order valence-corrected chi connectivity index (χ3v) is 3.34. The molecule has 0 aliphatic heterocycles. The summed E-state index contributed by atoms with van der Waals surface area (Å²) in [6.45, 7) is 7.62. The lowest BCUT2D eigenvalue weighted by Gasteiger charge is -2.16. The molecule has 114 valence electrons. The Labute approximate surface area is 121 Å². The minimum absolute atomic E-state index is 0.0731. The Kier molecular flexibility index (Phi) is 6.71. The Morgan fingerprint density at radius 1 is 1.50 bits per heavy atom. The molecule has 1 unspecified atom stereocenters. The topological polar surface area (TPSA) is 70.1 Å². The second kappa shape index (κ2) is 8.04. The summed E-state index contributed by atoms with van der Waals surface area (Å²) in [7, 11) is 1.57. The van der Waals surface area contributed by atoms with Gasteiger partial charge in [0.25, 0.3) is 0 Å². The third-order valence-electron chi connectivity index (χ3n) is 3.34. The number of nitrogens with two attached hydrogens (primary N) is 1. The normalized spacial score (nSPS) is 12.7. The van der Waals surface area contributed by atoms with Crippen molar-refractivity contribution < 1.29 is 9.53 Å². The zero-order valence-corrected chi connectivity index (χ0v) is 13.1. The summed E-state index contributed by atoms with van der Waals surface area (Å²) in [6, 6.07) is 0. The monoisotopic (exact) mass is 281 g/mol. The molecule has 0 spiro atoms. The van der Waals surface area contributed by atoms with Crippen LogP contribution < -0.4 is 10.5 Å². The van der Waals surface area contributed by atoms with Crippen molar-refractivity contribution in [2.45, 2.75) is 46.6 Å².